The van der Waals surface area contributed by atoms with Gasteiger partial charge in [0.05, 0.1) is 24.6 Å². The second-order valence-electron chi connectivity index (χ2n) is 4.87. The van der Waals surface area contributed by atoms with Crippen molar-refractivity contribution in [3.63, 3.8) is 0 Å². The molecule has 1 amide bonds. The standard InChI is InChI=1S/C16H18N4O2S/c17-9-3-1-2-4-10-22-14-7-5-13(6-8-14)11-18-20-16-19-15(21)12-23-16/h5-8,11H,1-4,10,12H2,(H,19,20,21). The fraction of sp³-hybridized carbons (Fsp3) is 0.375. The van der Waals surface area contributed by atoms with Crippen LogP contribution in [0.15, 0.2) is 34.5 Å². The fourth-order valence-electron chi connectivity index (χ4n) is 1.85. The third kappa shape index (κ3) is 6.53. The van der Waals surface area contributed by atoms with Gasteiger partial charge in [-0.15, -0.1) is 5.10 Å². The molecule has 0 radical (unpaired) electrons. The smallest absolute Gasteiger partial charge is 0.236 e. The van der Waals surface area contributed by atoms with E-state index >= 15 is 0 Å². The summed E-state index contributed by atoms with van der Waals surface area (Å²) in [6, 6.07) is 9.70. The number of ether oxygens (including phenoxy) is 1. The summed E-state index contributed by atoms with van der Waals surface area (Å²) in [6.45, 7) is 0.656. The third-order valence-corrected chi connectivity index (χ3v) is 3.89. The highest BCUT2D eigenvalue weighted by Gasteiger charge is 2.15. The lowest BCUT2D eigenvalue weighted by atomic mass is 10.2. The molecule has 1 aromatic carbocycles. The molecule has 0 unspecified atom stereocenters. The van der Waals surface area contributed by atoms with Crippen molar-refractivity contribution in [2.24, 2.45) is 10.2 Å². The van der Waals surface area contributed by atoms with Crippen molar-refractivity contribution in [2.45, 2.75) is 25.7 Å². The van der Waals surface area contributed by atoms with E-state index in [2.05, 4.69) is 21.6 Å². The molecule has 1 saturated heterocycles. The Morgan fingerprint density at radius 2 is 2.13 bits per heavy atom. The summed E-state index contributed by atoms with van der Waals surface area (Å²) in [5.41, 5.74) is 0.907. The van der Waals surface area contributed by atoms with Gasteiger partial charge in [-0.05, 0) is 49.1 Å². The molecule has 120 valence electrons. The quantitative estimate of drug-likeness (QED) is 0.451. The molecule has 0 saturated carbocycles. The number of rotatable bonds is 8. The predicted molar refractivity (Wildman–Crippen MR) is 91.6 cm³/mol. The number of unbranched alkanes of at least 4 members (excludes halogenated alkanes) is 3. The van der Waals surface area contributed by atoms with Crippen molar-refractivity contribution in [1.82, 2.24) is 5.32 Å². The van der Waals surface area contributed by atoms with Gasteiger partial charge in [0.25, 0.3) is 0 Å². The second-order valence-corrected chi connectivity index (χ2v) is 5.84. The van der Waals surface area contributed by atoms with E-state index in [1.54, 1.807) is 6.21 Å². The van der Waals surface area contributed by atoms with Crippen molar-refractivity contribution in [1.29, 1.82) is 5.26 Å². The summed E-state index contributed by atoms with van der Waals surface area (Å²) in [5.74, 6) is 1.17. The summed E-state index contributed by atoms with van der Waals surface area (Å²) < 4.78 is 5.63. The lowest BCUT2D eigenvalue weighted by molar-refractivity contribution is -0.116. The van der Waals surface area contributed by atoms with Crippen molar-refractivity contribution >= 4 is 29.1 Å². The Labute approximate surface area is 139 Å². The number of amides is 1. The number of nitrogens with one attached hydrogen (secondary N) is 1. The zero-order valence-electron chi connectivity index (χ0n) is 12.7. The summed E-state index contributed by atoms with van der Waals surface area (Å²) in [7, 11) is 0. The number of nitrogens with zero attached hydrogens (tertiary/aromatic N) is 3. The Bertz CT molecular complexity index is 620. The number of nitriles is 1. The van der Waals surface area contributed by atoms with E-state index in [9.17, 15) is 4.79 Å². The van der Waals surface area contributed by atoms with E-state index in [4.69, 9.17) is 10.00 Å². The highest BCUT2D eigenvalue weighted by Crippen LogP contribution is 2.12. The Balaban J connectivity index is 1.72. The first-order valence-corrected chi connectivity index (χ1v) is 8.40. The number of carbonyl (C=O) groups is 1. The second kappa shape index (κ2) is 9.64. The Morgan fingerprint density at radius 3 is 2.83 bits per heavy atom. The van der Waals surface area contributed by atoms with Crippen molar-refractivity contribution in [3.05, 3.63) is 29.8 Å². The molecule has 1 aliphatic rings. The largest absolute Gasteiger partial charge is 0.494 e. The third-order valence-electron chi connectivity index (χ3n) is 3.02. The number of thioether (sulfide) groups is 1. The number of benzene rings is 1. The van der Waals surface area contributed by atoms with Gasteiger partial charge >= 0.3 is 0 Å². The van der Waals surface area contributed by atoms with Gasteiger partial charge in [-0.1, -0.05) is 11.8 Å². The molecule has 0 atom stereocenters. The molecule has 1 heterocycles. The highest BCUT2D eigenvalue weighted by molar-refractivity contribution is 8.15. The SMILES string of the molecule is N#CCCCCCOc1ccc(C=NN=C2NC(=O)CS2)cc1. The summed E-state index contributed by atoms with van der Waals surface area (Å²) in [5, 5.41) is 19.5. The maximum Gasteiger partial charge on any atom is 0.236 e. The van der Waals surface area contributed by atoms with E-state index in [1.165, 1.54) is 11.8 Å². The zero-order valence-corrected chi connectivity index (χ0v) is 13.5. The topological polar surface area (TPSA) is 86.8 Å². The Hall–Kier alpha value is -2.33. The van der Waals surface area contributed by atoms with Crippen LogP contribution in [0.2, 0.25) is 0 Å². The van der Waals surface area contributed by atoms with Crippen LogP contribution in [0.25, 0.3) is 0 Å². The lowest BCUT2D eigenvalue weighted by Gasteiger charge is -2.05. The first-order chi connectivity index (χ1) is 11.3. The summed E-state index contributed by atoms with van der Waals surface area (Å²) in [6.07, 6.45) is 5.12. The van der Waals surface area contributed by atoms with E-state index < -0.39 is 0 Å². The van der Waals surface area contributed by atoms with Gasteiger partial charge in [-0.3, -0.25) is 4.79 Å². The van der Waals surface area contributed by atoms with Crippen LogP contribution in [0.3, 0.4) is 0 Å². The van der Waals surface area contributed by atoms with Crippen LogP contribution < -0.4 is 10.1 Å². The molecule has 0 aliphatic carbocycles. The van der Waals surface area contributed by atoms with Crippen molar-refractivity contribution in [3.8, 4) is 11.8 Å². The molecule has 6 nitrogen and oxygen atoms in total. The minimum Gasteiger partial charge on any atom is -0.494 e. The minimum atomic E-state index is -0.0434. The first kappa shape index (κ1) is 17.0. The van der Waals surface area contributed by atoms with Crippen molar-refractivity contribution < 1.29 is 9.53 Å². The average Bonchev–Trinajstić information content (AvgIpc) is 2.97. The van der Waals surface area contributed by atoms with E-state index in [1.807, 2.05) is 24.3 Å². The number of hydrogen-bond acceptors (Lipinski definition) is 6. The van der Waals surface area contributed by atoms with Gasteiger partial charge in [0.15, 0.2) is 5.17 Å². The van der Waals surface area contributed by atoms with E-state index in [0.717, 1.165) is 30.6 Å². The molecule has 0 spiro atoms. The van der Waals surface area contributed by atoms with Gasteiger partial charge in [-0.2, -0.15) is 10.4 Å². The summed E-state index contributed by atoms with van der Waals surface area (Å²) in [4.78, 5) is 11.0. The molecular weight excluding hydrogens is 312 g/mol. The number of carbonyl (C=O) groups excluding carboxylic acids is 1. The van der Waals surface area contributed by atoms with Crippen LogP contribution in [0.4, 0.5) is 0 Å². The van der Waals surface area contributed by atoms with Crippen molar-refractivity contribution in [2.75, 3.05) is 12.4 Å². The average molecular weight is 330 g/mol. The molecule has 0 aromatic heterocycles. The Kier molecular flexibility index (Phi) is 7.14. The molecule has 23 heavy (non-hydrogen) atoms. The van der Waals surface area contributed by atoms with Crippen LogP contribution in [-0.4, -0.2) is 29.6 Å². The monoisotopic (exact) mass is 330 g/mol. The fourth-order valence-corrected chi connectivity index (χ4v) is 2.48. The molecule has 7 heteroatoms. The molecule has 0 bridgehead atoms. The number of amidine groups is 1. The van der Waals surface area contributed by atoms with E-state index in [0.29, 0.717) is 23.9 Å². The lowest BCUT2D eigenvalue weighted by Crippen LogP contribution is -2.19. The first-order valence-electron chi connectivity index (χ1n) is 7.41. The highest BCUT2D eigenvalue weighted by atomic mass is 32.2. The van der Waals surface area contributed by atoms with Gasteiger partial charge in [-0.25, -0.2) is 0 Å². The van der Waals surface area contributed by atoms with Gasteiger partial charge in [0.1, 0.15) is 5.75 Å². The molecule has 1 aliphatic heterocycles. The van der Waals surface area contributed by atoms with Gasteiger partial charge in [0.2, 0.25) is 5.91 Å². The van der Waals surface area contributed by atoms with Crippen LogP contribution >= 0.6 is 11.8 Å². The predicted octanol–water partition coefficient (Wildman–Crippen LogP) is 2.70. The molecule has 1 fully saturated rings. The van der Waals surface area contributed by atoms with Crippen LogP contribution in [0.5, 0.6) is 5.75 Å². The van der Waals surface area contributed by atoms with Gasteiger partial charge in [0, 0.05) is 6.42 Å². The molecule has 1 N–H and O–H groups in total. The molecular formula is C16H18N4O2S. The summed E-state index contributed by atoms with van der Waals surface area (Å²) >= 11 is 1.34. The van der Waals surface area contributed by atoms with E-state index in [-0.39, 0.29) is 5.91 Å². The van der Waals surface area contributed by atoms with Gasteiger partial charge < -0.3 is 10.1 Å². The molecule has 2 rings (SSSR count). The minimum absolute atomic E-state index is 0.0434. The zero-order chi connectivity index (χ0) is 16.3. The maximum atomic E-state index is 11.0. The van der Waals surface area contributed by atoms with Crippen LogP contribution in [0, 0.1) is 11.3 Å². The molecule has 1 aromatic rings. The number of hydrogen-bond donors (Lipinski definition) is 1. The maximum absolute atomic E-state index is 11.0. The van der Waals surface area contributed by atoms with Crippen LogP contribution in [-0.2, 0) is 4.79 Å². The van der Waals surface area contributed by atoms with Crippen LogP contribution in [0.1, 0.15) is 31.2 Å². The normalized spacial score (nSPS) is 15.8. The Morgan fingerprint density at radius 1 is 1.30 bits per heavy atom.